The summed E-state index contributed by atoms with van der Waals surface area (Å²) in [5.41, 5.74) is 3.78. The van der Waals surface area contributed by atoms with E-state index in [-0.39, 0.29) is 17.9 Å². The van der Waals surface area contributed by atoms with E-state index in [0.29, 0.717) is 23.4 Å². The Morgan fingerprint density at radius 2 is 1.53 bits per heavy atom. The number of hydrogen-bond acceptors (Lipinski definition) is 3. The van der Waals surface area contributed by atoms with Crippen molar-refractivity contribution in [3.05, 3.63) is 101 Å². The van der Waals surface area contributed by atoms with Crippen LogP contribution < -0.4 is 10.6 Å². The predicted molar refractivity (Wildman–Crippen MR) is 126 cm³/mol. The fourth-order valence-electron chi connectivity index (χ4n) is 3.97. The van der Waals surface area contributed by atoms with Gasteiger partial charge in [-0.25, -0.2) is 0 Å². The number of carbonyl (C=O) groups excluding carboxylic acids is 2. The highest BCUT2D eigenvalue weighted by atomic mass is 16.5. The van der Waals surface area contributed by atoms with Crippen molar-refractivity contribution in [3.63, 3.8) is 0 Å². The van der Waals surface area contributed by atoms with E-state index in [2.05, 4.69) is 22.8 Å². The maximum absolute atomic E-state index is 13.1. The maximum atomic E-state index is 13.1. The molecule has 1 aliphatic rings. The molecular formula is C27H28N2O3. The van der Waals surface area contributed by atoms with Crippen molar-refractivity contribution in [2.45, 2.75) is 31.8 Å². The van der Waals surface area contributed by atoms with Crippen LogP contribution in [-0.2, 0) is 17.6 Å². The van der Waals surface area contributed by atoms with Gasteiger partial charge in [0.1, 0.15) is 0 Å². The Morgan fingerprint density at radius 3 is 2.31 bits per heavy atom. The van der Waals surface area contributed by atoms with Crippen LogP contribution >= 0.6 is 0 Å². The highest BCUT2D eigenvalue weighted by Gasteiger charge is 2.19. The summed E-state index contributed by atoms with van der Waals surface area (Å²) in [4.78, 5) is 25.9. The number of ether oxygens (including phenoxy) is 1. The summed E-state index contributed by atoms with van der Waals surface area (Å²) < 4.78 is 5.58. The van der Waals surface area contributed by atoms with Gasteiger partial charge in [0.05, 0.1) is 17.4 Å². The Bertz CT molecular complexity index is 1060. The lowest BCUT2D eigenvalue weighted by atomic mass is 9.99. The zero-order valence-electron chi connectivity index (χ0n) is 18.1. The van der Waals surface area contributed by atoms with Crippen molar-refractivity contribution in [1.29, 1.82) is 0 Å². The van der Waals surface area contributed by atoms with Gasteiger partial charge in [0, 0.05) is 18.7 Å². The van der Waals surface area contributed by atoms with E-state index in [4.69, 9.17) is 4.74 Å². The van der Waals surface area contributed by atoms with Gasteiger partial charge in [0.2, 0.25) is 0 Å². The molecule has 4 rings (SSSR count). The van der Waals surface area contributed by atoms with Crippen LogP contribution in [0, 0.1) is 0 Å². The van der Waals surface area contributed by atoms with Gasteiger partial charge in [-0.2, -0.15) is 0 Å². The third-order valence-corrected chi connectivity index (χ3v) is 5.72. The lowest BCUT2D eigenvalue weighted by Crippen LogP contribution is -2.32. The molecule has 1 saturated heterocycles. The molecule has 1 fully saturated rings. The van der Waals surface area contributed by atoms with E-state index in [9.17, 15) is 9.59 Å². The number of nitrogens with one attached hydrogen (secondary N) is 2. The zero-order valence-corrected chi connectivity index (χ0v) is 18.1. The van der Waals surface area contributed by atoms with Gasteiger partial charge < -0.3 is 15.4 Å². The summed E-state index contributed by atoms with van der Waals surface area (Å²) in [6.07, 6.45) is 3.66. The van der Waals surface area contributed by atoms with Crippen molar-refractivity contribution < 1.29 is 14.3 Å². The van der Waals surface area contributed by atoms with Crippen LogP contribution in [0.2, 0.25) is 0 Å². The number of aryl methyl sites for hydroxylation is 2. The minimum Gasteiger partial charge on any atom is -0.376 e. The molecule has 1 atom stereocenters. The molecule has 1 aliphatic heterocycles. The third-order valence-electron chi connectivity index (χ3n) is 5.72. The lowest BCUT2D eigenvalue weighted by Gasteiger charge is -2.15. The summed E-state index contributed by atoms with van der Waals surface area (Å²) in [7, 11) is 0. The molecule has 164 valence electrons. The minimum absolute atomic E-state index is 0.0668. The van der Waals surface area contributed by atoms with Crippen LogP contribution in [-0.4, -0.2) is 31.1 Å². The molecule has 5 heteroatoms. The molecule has 0 aliphatic carbocycles. The molecule has 2 amide bonds. The van der Waals surface area contributed by atoms with E-state index < -0.39 is 0 Å². The molecule has 0 unspecified atom stereocenters. The second-order valence-corrected chi connectivity index (χ2v) is 7.99. The standard InChI is InChI=1S/C27H28N2O3/c30-26(28-19-22-12-8-18-32-22)24-14-6-7-15-25(24)29-27(31)23-13-5-4-11-21(23)17-16-20-9-2-1-3-10-20/h1-7,9-11,13-15,22H,8,12,16-19H2,(H,28,30)(H,29,31)/t22-/m1/s1. The van der Waals surface area contributed by atoms with Gasteiger partial charge in [0.25, 0.3) is 11.8 Å². The molecule has 0 aromatic heterocycles. The first-order valence-electron chi connectivity index (χ1n) is 11.1. The SMILES string of the molecule is O=C(Nc1ccccc1C(=O)NC[C@H]1CCCO1)c1ccccc1CCc1ccccc1. The molecule has 0 saturated carbocycles. The number of amides is 2. The van der Waals surface area contributed by atoms with E-state index in [0.717, 1.165) is 37.9 Å². The van der Waals surface area contributed by atoms with Crippen molar-refractivity contribution in [2.24, 2.45) is 0 Å². The highest BCUT2D eigenvalue weighted by Crippen LogP contribution is 2.19. The largest absolute Gasteiger partial charge is 0.376 e. The van der Waals surface area contributed by atoms with Crippen LogP contribution in [0.1, 0.15) is 44.7 Å². The smallest absolute Gasteiger partial charge is 0.255 e. The molecule has 3 aromatic rings. The Labute approximate surface area is 188 Å². The molecule has 0 spiro atoms. The van der Waals surface area contributed by atoms with Crippen LogP contribution in [0.15, 0.2) is 78.9 Å². The number of anilines is 1. The third kappa shape index (κ3) is 5.62. The Morgan fingerprint density at radius 1 is 0.812 bits per heavy atom. The molecule has 2 N–H and O–H groups in total. The van der Waals surface area contributed by atoms with Gasteiger partial charge in [-0.15, -0.1) is 0 Å². The van der Waals surface area contributed by atoms with Crippen LogP contribution in [0.4, 0.5) is 5.69 Å². The fourth-order valence-corrected chi connectivity index (χ4v) is 3.97. The molecule has 0 radical (unpaired) electrons. The lowest BCUT2D eigenvalue weighted by molar-refractivity contribution is 0.0858. The first-order chi connectivity index (χ1) is 15.7. The molecule has 0 bridgehead atoms. The molecule has 32 heavy (non-hydrogen) atoms. The topological polar surface area (TPSA) is 67.4 Å². The van der Waals surface area contributed by atoms with Crippen molar-refractivity contribution in [2.75, 3.05) is 18.5 Å². The van der Waals surface area contributed by atoms with Crippen molar-refractivity contribution in [1.82, 2.24) is 5.32 Å². The number of rotatable bonds is 8. The van der Waals surface area contributed by atoms with Crippen molar-refractivity contribution in [3.8, 4) is 0 Å². The first-order valence-corrected chi connectivity index (χ1v) is 11.1. The fraction of sp³-hybridized carbons (Fsp3) is 0.259. The van der Waals surface area contributed by atoms with Gasteiger partial charge in [-0.1, -0.05) is 60.7 Å². The van der Waals surface area contributed by atoms with Gasteiger partial charge in [-0.3, -0.25) is 9.59 Å². The number of hydrogen-bond donors (Lipinski definition) is 2. The Kier molecular flexibility index (Phi) is 7.31. The minimum atomic E-state index is -0.215. The zero-order chi connectivity index (χ0) is 22.2. The average molecular weight is 429 g/mol. The van der Waals surface area contributed by atoms with Crippen LogP contribution in [0.5, 0.6) is 0 Å². The summed E-state index contributed by atoms with van der Waals surface area (Å²) in [5.74, 6) is -0.429. The number of para-hydroxylation sites is 1. The monoisotopic (exact) mass is 428 g/mol. The number of carbonyl (C=O) groups is 2. The Balaban J connectivity index is 1.44. The van der Waals surface area contributed by atoms with Crippen LogP contribution in [0.3, 0.4) is 0 Å². The van der Waals surface area contributed by atoms with Gasteiger partial charge in [-0.05, 0) is 55.0 Å². The molecule has 3 aromatic carbocycles. The second kappa shape index (κ2) is 10.7. The van der Waals surface area contributed by atoms with Crippen LogP contribution in [0.25, 0.3) is 0 Å². The quantitative estimate of drug-likeness (QED) is 0.550. The van der Waals surface area contributed by atoms with E-state index in [1.165, 1.54) is 5.56 Å². The first kappa shape index (κ1) is 21.8. The van der Waals surface area contributed by atoms with Gasteiger partial charge in [0.15, 0.2) is 0 Å². The summed E-state index contributed by atoms with van der Waals surface area (Å²) >= 11 is 0. The van der Waals surface area contributed by atoms with E-state index in [1.807, 2.05) is 48.5 Å². The van der Waals surface area contributed by atoms with Crippen molar-refractivity contribution >= 4 is 17.5 Å². The summed E-state index contributed by atoms with van der Waals surface area (Å²) in [6, 6.07) is 24.9. The summed E-state index contributed by atoms with van der Waals surface area (Å²) in [5, 5.41) is 5.87. The molecule has 1 heterocycles. The normalized spacial score (nSPS) is 15.3. The van der Waals surface area contributed by atoms with E-state index in [1.54, 1.807) is 18.2 Å². The van der Waals surface area contributed by atoms with Gasteiger partial charge >= 0.3 is 0 Å². The predicted octanol–water partition coefficient (Wildman–Crippen LogP) is 4.63. The van der Waals surface area contributed by atoms with E-state index >= 15 is 0 Å². The molecule has 5 nitrogen and oxygen atoms in total. The average Bonchev–Trinajstić information content (AvgIpc) is 3.36. The second-order valence-electron chi connectivity index (χ2n) is 7.99. The summed E-state index contributed by atoms with van der Waals surface area (Å²) in [6.45, 7) is 1.22. The maximum Gasteiger partial charge on any atom is 0.255 e. The highest BCUT2D eigenvalue weighted by molar-refractivity contribution is 6.09. The molecular weight excluding hydrogens is 400 g/mol. The number of benzene rings is 3. The Hall–Kier alpha value is -3.44.